The predicted molar refractivity (Wildman–Crippen MR) is 96.3 cm³/mol. The molecule has 0 aliphatic rings. The van der Waals surface area contributed by atoms with Gasteiger partial charge in [0.05, 0.1) is 0 Å². The Hall–Kier alpha value is -2.58. The Morgan fingerprint density at radius 2 is 1.70 bits per heavy atom. The molecular formula is C20H16ClNO. The van der Waals surface area contributed by atoms with Gasteiger partial charge in [-0.05, 0) is 40.1 Å². The summed E-state index contributed by atoms with van der Waals surface area (Å²) in [6, 6.07) is 21.8. The molecule has 0 heterocycles. The average molecular weight is 322 g/mol. The fourth-order valence-corrected chi connectivity index (χ4v) is 2.57. The Kier molecular flexibility index (Phi) is 4.74. The fourth-order valence-electron chi connectivity index (χ4n) is 2.37. The Morgan fingerprint density at radius 3 is 2.52 bits per heavy atom. The first-order chi connectivity index (χ1) is 11.2. The van der Waals surface area contributed by atoms with Crippen LogP contribution in [0.4, 0.5) is 0 Å². The molecule has 0 aliphatic carbocycles. The molecule has 3 rings (SSSR count). The molecule has 1 amide bonds. The zero-order valence-corrected chi connectivity index (χ0v) is 13.3. The number of carbonyl (C=O) groups excluding carboxylic acids is 1. The summed E-state index contributed by atoms with van der Waals surface area (Å²) in [4.78, 5) is 11.9. The number of hydrogen-bond donors (Lipinski definition) is 1. The van der Waals surface area contributed by atoms with Crippen molar-refractivity contribution in [1.29, 1.82) is 0 Å². The van der Waals surface area contributed by atoms with Crippen molar-refractivity contribution in [1.82, 2.24) is 5.32 Å². The van der Waals surface area contributed by atoms with Gasteiger partial charge in [0.2, 0.25) is 5.91 Å². The summed E-state index contributed by atoms with van der Waals surface area (Å²) in [6.45, 7) is 0.497. The van der Waals surface area contributed by atoms with Gasteiger partial charge in [0.1, 0.15) is 0 Å². The third-order valence-electron chi connectivity index (χ3n) is 3.60. The van der Waals surface area contributed by atoms with Gasteiger partial charge in [-0.2, -0.15) is 0 Å². The maximum atomic E-state index is 11.9. The molecule has 0 atom stereocenters. The van der Waals surface area contributed by atoms with E-state index in [-0.39, 0.29) is 5.91 Å². The number of rotatable bonds is 4. The van der Waals surface area contributed by atoms with Crippen LogP contribution in [-0.2, 0) is 11.3 Å². The van der Waals surface area contributed by atoms with E-state index in [1.165, 1.54) is 16.8 Å². The average Bonchev–Trinajstić information content (AvgIpc) is 2.59. The van der Waals surface area contributed by atoms with E-state index in [4.69, 9.17) is 11.6 Å². The molecule has 0 unspecified atom stereocenters. The Labute approximate surface area is 140 Å². The van der Waals surface area contributed by atoms with Crippen LogP contribution in [-0.4, -0.2) is 5.91 Å². The second-order valence-corrected chi connectivity index (χ2v) is 5.66. The molecule has 3 heteroatoms. The second-order valence-electron chi connectivity index (χ2n) is 5.25. The summed E-state index contributed by atoms with van der Waals surface area (Å²) in [5, 5.41) is 5.88. The van der Waals surface area contributed by atoms with Crippen LogP contribution >= 0.6 is 11.6 Å². The Balaban J connectivity index is 1.63. The molecule has 114 valence electrons. The summed E-state index contributed by atoms with van der Waals surface area (Å²) >= 11 is 6.05. The Bertz CT molecular complexity index is 870. The highest BCUT2D eigenvalue weighted by Crippen LogP contribution is 2.17. The third-order valence-corrected chi connectivity index (χ3v) is 3.94. The maximum Gasteiger partial charge on any atom is 0.244 e. The summed E-state index contributed by atoms with van der Waals surface area (Å²) in [5.74, 6) is -0.141. The molecule has 1 N–H and O–H groups in total. The van der Waals surface area contributed by atoms with Crippen LogP contribution in [0.1, 0.15) is 11.1 Å². The molecule has 0 bridgehead atoms. The van der Waals surface area contributed by atoms with E-state index in [2.05, 4.69) is 29.6 Å². The van der Waals surface area contributed by atoms with Crippen molar-refractivity contribution in [3.8, 4) is 0 Å². The standard InChI is InChI=1S/C20H16ClNO/c21-19-8-4-3-6-17(19)11-12-20(23)22-14-15-9-10-16-5-1-2-7-18(16)13-15/h1-13H,14H2,(H,22,23)/b12-11+. The molecule has 0 spiro atoms. The summed E-state index contributed by atoms with van der Waals surface area (Å²) < 4.78 is 0. The quantitative estimate of drug-likeness (QED) is 0.686. The minimum Gasteiger partial charge on any atom is -0.348 e. The molecule has 0 radical (unpaired) electrons. The van der Waals surface area contributed by atoms with Gasteiger partial charge in [-0.25, -0.2) is 0 Å². The van der Waals surface area contributed by atoms with E-state index in [0.29, 0.717) is 11.6 Å². The van der Waals surface area contributed by atoms with Gasteiger partial charge in [0.15, 0.2) is 0 Å². The minimum absolute atomic E-state index is 0.141. The number of fused-ring (bicyclic) bond motifs is 1. The van der Waals surface area contributed by atoms with Crippen LogP contribution in [0.3, 0.4) is 0 Å². The molecule has 0 saturated heterocycles. The van der Waals surface area contributed by atoms with E-state index in [1.807, 2.05) is 36.4 Å². The van der Waals surface area contributed by atoms with Gasteiger partial charge in [-0.3, -0.25) is 4.79 Å². The fraction of sp³-hybridized carbons (Fsp3) is 0.0500. The molecule has 0 aromatic heterocycles. The number of amides is 1. The monoisotopic (exact) mass is 321 g/mol. The summed E-state index contributed by atoms with van der Waals surface area (Å²) in [7, 11) is 0. The van der Waals surface area contributed by atoms with Gasteiger partial charge >= 0.3 is 0 Å². The highest BCUT2D eigenvalue weighted by Gasteiger charge is 2.00. The van der Waals surface area contributed by atoms with Gasteiger partial charge < -0.3 is 5.32 Å². The van der Waals surface area contributed by atoms with Crippen LogP contribution < -0.4 is 5.32 Å². The highest BCUT2D eigenvalue weighted by molar-refractivity contribution is 6.32. The van der Waals surface area contributed by atoms with E-state index < -0.39 is 0 Å². The molecule has 2 nitrogen and oxygen atoms in total. The number of halogens is 1. The van der Waals surface area contributed by atoms with Crippen molar-refractivity contribution in [2.24, 2.45) is 0 Å². The van der Waals surface area contributed by atoms with Crippen LogP contribution in [0.2, 0.25) is 5.02 Å². The third kappa shape index (κ3) is 3.99. The second kappa shape index (κ2) is 7.12. The topological polar surface area (TPSA) is 29.1 Å². The molecular weight excluding hydrogens is 306 g/mol. The number of nitrogens with one attached hydrogen (secondary N) is 1. The van der Waals surface area contributed by atoms with Crippen molar-refractivity contribution in [2.75, 3.05) is 0 Å². The minimum atomic E-state index is -0.141. The lowest BCUT2D eigenvalue weighted by Crippen LogP contribution is -2.20. The first-order valence-electron chi connectivity index (χ1n) is 7.40. The lowest BCUT2D eigenvalue weighted by molar-refractivity contribution is -0.116. The van der Waals surface area contributed by atoms with Crippen molar-refractivity contribution in [2.45, 2.75) is 6.54 Å². The van der Waals surface area contributed by atoms with Crippen molar-refractivity contribution < 1.29 is 4.79 Å². The van der Waals surface area contributed by atoms with E-state index in [1.54, 1.807) is 12.1 Å². The van der Waals surface area contributed by atoms with Gasteiger partial charge in [-0.1, -0.05) is 66.2 Å². The Morgan fingerprint density at radius 1 is 0.957 bits per heavy atom. The van der Waals surface area contributed by atoms with Gasteiger partial charge in [0, 0.05) is 17.6 Å². The van der Waals surface area contributed by atoms with Crippen molar-refractivity contribution >= 4 is 34.4 Å². The number of benzene rings is 3. The predicted octanol–water partition coefficient (Wildman–Crippen LogP) is 4.82. The highest BCUT2D eigenvalue weighted by atomic mass is 35.5. The zero-order valence-electron chi connectivity index (χ0n) is 12.5. The zero-order chi connectivity index (χ0) is 16.1. The molecule has 0 fully saturated rings. The molecule has 3 aromatic rings. The number of hydrogen-bond acceptors (Lipinski definition) is 1. The van der Waals surface area contributed by atoms with Crippen LogP contribution in [0.15, 0.2) is 72.8 Å². The van der Waals surface area contributed by atoms with Crippen LogP contribution in [0.5, 0.6) is 0 Å². The van der Waals surface area contributed by atoms with Crippen molar-refractivity contribution in [3.63, 3.8) is 0 Å². The van der Waals surface area contributed by atoms with Gasteiger partial charge in [-0.15, -0.1) is 0 Å². The lowest BCUT2D eigenvalue weighted by Gasteiger charge is -2.05. The largest absolute Gasteiger partial charge is 0.348 e. The number of carbonyl (C=O) groups is 1. The van der Waals surface area contributed by atoms with Gasteiger partial charge in [0.25, 0.3) is 0 Å². The maximum absolute atomic E-state index is 11.9. The van der Waals surface area contributed by atoms with E-state index in [9.17, 15) is 4.79 Å². The SMILES string of the molecule is O=C(/C=C/c1ccccc1Cl)NCc1ccc2ccccc2c1. The molecule has 0 saturated carbocycles. The first-order valence-corrected chi connectivity index (χ1v) is 7.78. The summed E-state index contributed by atoms with van der Waals surface area (Å²) in [6.07, 6.45) is 3.22. The van der Waals surface area contributed by atoms with Crippen LogP contribution in [0.25, 0.3) is 16.8 Å². The molecule has 0 aliphatic heterocycles. The van der Waals surface area contributed by atoms with Crippen molar-refractivity contribution in [3.05, 3.63) is 89.0 Å². The van der Waals surface area contributed by atoms with E-state index in [0.717, 1.165) is 11.1 Å². The first kappa shape index (κ1) is 15.3. The lowest BCUT2D eigenvalue weighted by atomic mass is 10.1. The van der Waals surface area contributed by atoms with E-state index >= 15 is 0 Å². The smallest absolute Gasteiger partial charge is 0.244 e. The summed E-state index contributed by atoms with van der Waals surface area (Å²) in [5.41, 5.74) is 1.90. The molecule has 3 aromatic carbocycles. The normalized spacial score (nSPS) is 11.0. The van der Waals surface area contributed by atoms with Crippen LogP contribution in [0, 0.1) is 0 Å². The molecule has 23 heavy (non-hydrogen) atoms.